The van der Waals surface area contributed by atoms with E-state index in [1.165, 1.54) is 0 Å². The van der Waals surface area contributed by atoms with Crippen LogP contribution in [-0.2, 0) is 4.79 Å². The second-order valence-corrected chi connectivity index (χ2v) is 5.78. The van der Waals surface area contributed by atoms with Crippen LogP contribution in [0.4, 0.5) is 0 Å². The van der Waals surface area contributed by atoms with E-state index in [0.717, 1.165) is 25.7 Å². The zero-order chi connectivity index (χ0) is 14.1. The van der Waals surface area contributed by atoms with E-state index in [4.69, 9.17) is 0 Å². The van der Waals surface area contributed by atoms with E-state index in [-0.39, 0.29) is 11.9 Å². The van der Waals surface area contributed by atoms with Gasteiger partial charge in [0.2, 0.25) is 0 Å². The Bertz CT molecular complexity index is 514. The molecule has 1 N–H and O–H groups in total. The topological polar surface area (TPSA) is 57.6 Å². The first kappa shape index (κ1) is 13.2. The van der Waals surface area contributed by atoms with Crippen LogP contribution in [0.15, 0.2) is 30.3 Å². The summed E-state index contributed by atoms with van der Waals surface area (Å²) >= 11 is 0. The number of hydrogen-bond donors (Lipinski definition) is 1. The van der Waals surface area contributed by atoms with Crippen molar-refractivity contribution < 1.29 is 14.7 Å². The fraction of sp³-hybridized carbons (Fsp3) is 0.500. The van der Waals surface area contributed by atoms with E-state index in [1.54, 1.807) is 17.0 Å². The maximum atomic E-state index is 12.7. The van der Waals surface area contributed by atoms with Crippen molar-refractivity contribution in [3.05, 3.63) is 35.9 Å². The summed E-state index contributed by atoms with van der Waals surface area (Å²) in [7, 11) is 0. The highest BCUT2D eigenvalue weighted by molar-refractivity contribution is 5.97. The molecule has 2 aliphatic rings. The number of amides is 1. The molecule has 0 spiro atoms. The van der Waals surface area contributed by atoms with Gasteiger partial charge in [0.15, 0.2) is 0 Å². The number of hydrogen-bond acceptors (Lipinski definition) is 2. The summed E-state index contributed by atoms with van der Waals surface area (Å²) in [5.41, 5.74) is 0.588. The molecule has 0 unspecified atom stereocenters. The highest BCUT2D eigenvalue weighted by Crippen LogP contribution is 2.40. The number of carboxylic acid groups (broad SMARTS) is 1. The number of carboxylic acids is 1. The van der Waals surface area contributed by atoms with Gasteiger partial charge in [0.25, 0.3) is 5.91 Å². The van der Waals surface area contributed by atoms with Gasteiger partial charge >= 0.3 is 5.97 Å². The van der Waals surface area contributed by atoms with Gasteiger partial charge in [-0.05, 0) is 37.3 Å². The monoisotopic (exact) mass is 273 g/mol. The lowest BCUT2D eigenvalue weighted by Gasteiger charge is -2.33. The summed E-state index contributed by atoms with van der Waals surface area (Å²) < 4.78 is 0. The summed E-state index contributed by atoms with van der Waals surface area (Å²) in [6.45, 7) is 0. The summed E-state index contributed by atoms with van der Waals surface area (Å²) in [5, 5.41) is 9.43. The number of benzene rings is 1. The van der Waals surface area contributed by atoms with E-state index < -0.39 is 12.0 Å². The Morgan fingerprint density at radius 3 is 2.50 bits per heavy atom. The highest BCUT2D eigenvalue weighted by atomic mass is 16.4. The molecule has 1 saturated heterocycles. The first-order valence-corrected chi connectivity index (χ1v) is 7.29. The van der Waals surface area contributed by atoms with Crippen molar-refractivity contribution in [3.63, 3.8) is 0 Å². The van der Waals surface area contributed by atoms with E-state index in [1.807, 2.05) is 18.2 Å². The molecule has 0 bridgehead atoms. The summed E-state index contributed by atoms with van der Waals surface area (Å²) in [6.07, 6.45) is 4.84. The Morgan fingerprint density at radius 2 is 1.80 bits per heavy atom. The quantitative estimate of drug-likeness (QED) is 0.901. The fourth-order valence-electron chi connectivity index (χ4n) is 3.70. The third-order valence-electron chi connectivity index (χ3n) is 4.63. The van der Waals surface area contributed by atoms with E-state index in [2.05, 4.69) is 0 Å². The molecule has 1 saturated carbocycles. The van der Waals surface area contributed by atoms with Crippen LogP contribution in [0.1, 0.15) is 42.5 Å². The maximum Gasteiger partial charge on any atom is 0.326 e. The maximum absolute atomic E-state index is 12.7. The average molecular weight is 273 g/mol. The molecular weight excluding hydrogens is 254 g/mol. The van der Waals surface area contributed by atoms with Crippen molar-refractivity contribution in [2.24, 2.45) is 5.92 Å². The van der Waals surface area contributed by atoms with E-state index in [9.17, 15) is 14.7 Å². The van der Waals surface area contributed by atoms with Crippen molar-refractivity contribution in [2.45, 2.75) is 44.2 Å². The minimum Gasteiger partial charge on any atom is -0.480 e. The molecule has 3 rings (SSSR count). The summed E-state index contributed by atoms with van der Waals surface area (Å²) in [5.74, 6) is -0.645. The van der Waals surface area contributed by atoms with Crippen LogP contribution in [0, 0.1) is 5.92 Å². The average Bonchev–Trinajstić information content (AvgIpc) is 2.87. The lowest BCUT2D eigenvalue weighted by molar-refractivity contribution is -0.141. The van der Waals surface area contributed by atoms with Crippen LogP contribution in [-0.4, -0.2) is 34.0 Å². The molecule has 1 aromatic carbocycles. The lowest BCUT2D eigenvalue weighted by atomic mass is 9.84. The third kappa shape index (κ3) is 2.19. The first-order valence-electron chi connectivity index (χ1n) is 7.29. The van der Waals surface area contributed by atoms with Crippen molar-refractivity contribution in [2.75, 3.05) is 0 Å². The Labute approximate surface area is 118 Å². The van der Waals surface area contributed by atoms with Gasteiger partial charge in [-0.3, -0.25) is 4.79 Å². The van der Waals surface area contributed by atoms with Crippen LogP contribution in [0.25, 0.3) is 0 Å². The molecule has 1 amide bonds. The Hall–Kier alpha value is -1.84. The fourth-order valence-corrected chi connectivity index (χ4v) is 3.70. The van der Waals surface area contributed by atoms with Gasteiger partial charge in [0.05, 0.1) is 0 Å². The van der Waals surface area contributed by atoms with Crippen LogP contribution in [0.5, 0.6) is 0 Å². The van der Waals surface area contributed by atoms with Crippen LogP contribution < -0.4 is 0 Å². The molecule has 2 fully saturated rings. The molecule has 1 aromatic rings. The predicted octanol–water partition coefficient (Wildman–Crippen LogP) is 2.54. The first-order chi connectivity index (χ1) is 9.68. The summed E-state index contributed by atoms with van der Waals surface area (Å²) in [6, 6.07) is 8.47. The minimum atomic E-state index is -0.872. The van der Waals surface area contributed by atoms with E-state index >= 15 is 0 Å². The lowest BCUT2D eigenvalue weighted by Crippen LogP contribution is -2.46. The number of aliphatic carboxylic acids is 1. The SMILES string of the molecule is O=C(O)[C@@H]1C[C@H]2CCCC[C@H]2N1C(=O)c1ccccc1. The Kier molecular flexibility index (Phi) is 3.47. The molecule has 1 aliphatic carbocycles. The Balaban J connectivity index is 1.91. The van der Waals surface area contributed by atoms with Crippen LogP contribution >= 0.6 is 0 Å². The van der Waals surface area contributed by atoms with Crippen molar-refractivity contribution in [3.8, 4) is 0 Å². The van der Waals surface area contributed by atoms with Gasteiger partial charge in [-0.2, -0.15) is 0 Å². The molecule has 4 heteroatoms. The molecule has 1 aliphatic heterocycles. The third-order valence-corrected chi connectivity index (χ3v) is 4.63. The molecule has 0 radical (unpaired) electrons. The van der Waals surface area contributed by atoms with Crippen LogP contribution in [0.3, 0.4) is 0 Å². The van der Waals surface area contributed by atoms with Gasteiger partial charge < -0.3 is 10.0 Å². The largest absolute Gasteiger partial charge is 0.480 e. The number of carbonyl (C=O) groups excluding carboxylic acids is 1. The number of fused-ring (bicyclic) bond motifs is 1. The number of rotatable bonds is 2. The molecule has 20 heavy (non-hydrogen) atoms. The van der Waals surface area contributed by atoms with Gasteiger partial charge in [0, 0.05) is 11.6 Å². The van der Waals surface area contributed by atoms with E-state index in [0.29, 0.717) is 17.9 Å². The molecule has 106 valence electrons. The van der Waals surface area contributed by atoms with Gasteiger partial charge in [-0.25, -0.2) is 4.79 Å². The van der Waals surface area contributed by atoms with Crippen molar-refractivity contribution >= 4 is 11.9 Å². The molecule has 0 aromatic heterocycles. The summed E-state index contributed by atoms with van der Waals surface area (Å²) in [4.78, 5) is 25.8. The smallest absolute Gasteiger partial charge is 0.326 e. The predicted molar refractivity (Wildman–Crippen MR) is 74.4 cm³/mol. The van der Waals surface area contributed by atoms with Gasteiger partial charge in [0.1, 0.15) is 6.04 Å². The van der Waals surface area contributed by atoms with Crippen molar-refractivity contribution in [1.29, 1.82) is 0 Å². The molecular formula is C16H19NO3. The number of nitrogens with zero attached hydrogens (tertiary/aromatic N) is 1. The standard InChI is InChI=1S/C16H19NO3/c18-15(11-6-2-1-3-7-11)17-13-9-5-4-8-12(13)10-14(17)16(19)20/h1-3,6-7,12-14H,4-5,8-10H2,(H,19,20)/t12-,13-,14+/m1/s1. The van der Waals surface area contributed by atoms with Crippen molar-refractivity contribution in [1.82, 2.24) is 4.90 Å². The number of carbonyl (C=O) groups is 2. The molecule has 1 heterocycles. The molecule has 4 nitrogen and oxygen atoms in total. The number of likely N-dealkylation sites (tertiary alicyclic amines) is 1. The van der Waals surface area contributed by atoms with Crippen LogP contribution in [0.2, 0.25) is 0 Å². The minimum absolute atomic E-state index is 0.109. The Morgan fingerprint density at radius 1 is 1.10 bits per heavy atom. The highest BCUT2D eigenvalue weighted by Gasteiger charge is 2.47. The second kappa shape index (κ2) is 5.27. The zero-order valence-electron chi connectivity index (χ0n) is 11.4. The molecule has 3 atom stereocenters. The zero-order valence-corrected chi connectivity index (χ0v) is 11.4. The second-order valence-electron chi connectivity index (χ2n) is 5.78. The van der Waals surface area contributed by atoms with Gasteiger partial charge in [-0.1, -0.05) is 31.0 Å². The van der Waals surface area contributed by atoms with Gasteiger partial charge in [-0.15, -0.1) is 0 Å². The normalized spacial score (nSPS) is 29.0.